The molecule has 7 heteroatoms. The SMILES string of the molecule is CN(C)c1noc(CNc2nc(-c3ccccc3)nc3ccccc23)n1. The predicted octanol–water partition coefficient (Wildman–Crippen LogP) is 3.36. The lowest BCUT2D eigenvalue weighted by Crippen LogP contribution is -2.10. The van der Waals surface area contributed by atoms with Crippen LogP contribution in [0, 0.1) is 0 Å². The zero-order chi connectivity index (χ0) is 17.9. The molecule has 0 amide bonds. The van der Waals surface area contributed by atoms with E-state index in [1.54, 1.807) is 4.90 Å². The molecule has 0 unspecified atom stereocenters. The van der Waals surface area contributed by atoms with E-state index in [9.17, 15) is 0 Å². The molecule has 0 bridgehead atoms. The van der Waals surface area contributed by atoms with Crippen LogP contribution in [-0.4, -0.2) is 34.2 Å². The third kappa shape index (κ3) is 3.19. The molecule has 1 N–H and O–H groups in total. The van der Waals surface area contributed by atoms with E-state index in [4.69, 9.17) is 9.51 Å². The fourth-order valence-corrected chi connectivity index (χ4v) is 2.59. The summed E-state index contributed by atoms with van der Waals surface area (Å²) in [5.74, 6) is 2.45. The number of hydrogen-bond acceptors (Lipinski definition) is 7. The predicted molar refractivity (Wildman–Crippen MR) is 101 cm³/mol. The van der Waals surface area contributed by atoms with Gasteiger partial charge in [-0.05, 0) is 17.3 Å². The fourth-order valence-electron chi connectivity index (χ4n) is 2.59. The van der Waals surface area contributed by atoms with Crippen molar-refractivity contribution in [3.8, 4) is 11.4 Å². The van der Waals surface area contributed by atoms with E-state index in [-0.39, 0.29) is 0 Å². The molecule has 0 atom stereocenters. The molecule has 0 radical (unpaired) electrons. The summed E-state index contributed by atoms with van der Waals surface area (Å²) in [6.45, 7) is 0.385. The second-order valence-corrected chi connectivity index (χ2v) is 6.02. The quantitative estimate of drug-likeness (QED) is 0.593. The molecular formula is C19H18N6O. The maximum atomic E-state index is 5.27. The van der Waals surface area contributed by atoms with E-state index in [0.29, 0.717) is 24.2 Å². The number of anilines is 2. The molecule has 2 aromatic carbocycles. The molecule has 4 rings (SSSR count). The van der Waals surface area contributed by atoms with E-state index >= 15 is 0 Å². The normalized spacial score (nSPS) is 10.8. The van der Waals surface area contributed by atoms with Crippen LogP contribution >= 0.6 is 0 Å². The van der Waals surface area contributed by atoms with Crippen LogP contribution in [0.2, 0.25) is 0 Å². The number of hydrogen-bond donors (Lipinski definition) is 1. The van der Waals surface area contributed by atoms with Crippen molar-refractivity contribution in [1.82, 2.24) is 20.1 Å². The lowest BCUT2D eigenvalue weighted by Gasteiger charge is -2.09. The zero-order valence-corrected chi connectivity index (χ0v) is 14.5. The Kier molecular flexibility index (Phi) is 4.18. The topological polar surface area (TPSA) is 80.0 Å². The minimum Gasteiger partial charge on any atom is -0.360 e. The highest BCUT2D eigenvalue weighted by Gasteiger charge is 2.11. The first-order chi connectivity index (χ1) is 12.7. The van der Waals surface area contributed by atoms with Gasteiger partial charge in [-0.25, -0.2) is 9.97 Å². The summed E-state index contributed by atoms with van der Waals surface area (Å²) in [4.78, 5) is 15.5. The first kappa shape index (κ1) is 16.0. The Morgan fingerprint density at radius 1 is 0.923 bits per heavy atom. The van der Waals surface area contributed by atoms with E-state index < -0.39 is 0 Å². The minimum atomic E-state index is 0.385. The van der Waals surface area contributed by atoms with Crippen LogP contribution in [0.3, 0.4) is 0 Å². The standard InChI is InChI=1S/C19H18N6O/c1-25(2)19-22-16(26-24-19)12-20-18-14-10-6-7-11-15(14)21-17(23-18)13-8-4-3-5-9-13/h3-11H,12H2,1-2H3,(H,20,21,23). The van der Waals surface area contributed by atoms with Crippen molar-refractivity contribution in [3.63, 3.8) is 0 Å². The summed E-state index contributed by atoms with van der Waals surface area (Å²) in [5.41, 5.74) is 1.84. The number of benzene rings is 2. The summed E-state index contributed by atoms with van der Waals surface area (Å²) in [6.07, 6.45) is 0. The average Bonchev–Trinajstić information content (AvgIpc) is 3.16. The van der Waals surface area contributed by atoms with Crippen molar-refractivity contribution < 1.29 is 4.52 Å². The van der Waals surface area contributed by atoms with Crippen LogP contribution in [0.5, 0.6) is 0 Å². The number of nitrogens with zero attached hydrogens (tertiary/aromatic N) is 5. The third-order valence-electron chi connectivity index (χ3n) is 3.90. The van der Waals surface area contributed by atoms with Gasteiger partial charge < -0.3 is 14.7 Å². The van der Waals surface area contributed by atoms with Crippen LogP contribution in [0.25, 0.3) is 22.3 Å². The molecule has 0 saturated carbocycles. The summed E-state index contributed by atoms with van der Waals surface area (Å²) in [6, 6.07) is 17.8. The maximum Gasteiger partial charge on any atom is 0.265 e. The lowest BCUT2D eigenvalue weighted by atomic mass is 10.2. The van der Waals surface area contributed by atoms with Gasteiger partial charge >= 0.3 is 0 Å². The Morgan fingerprint density at radius 2 is 1.69 bits per heavy atom. The number of para-hydroxylation sites is 1. The third-order valence-corrected chi connectivity index (χ3v) is 3.90. The zero-order valence-electron chi connectivity index (χ0n) is 14.5. The highest BCUT2D eigenvalue weighted by Crippen LogP contribution is 2.25. The van der Waals surface area contributed by atoms with Gasteiger partial charge in [-0.1, -0.05) is 42.5 Å². The number of rotatable bonds is 5. The molecule has 0 spiro atoms. The first-order valence-electron chi connectivity index (χ1n) is 8.27. The van der Waals surface area contributed by atoms with Gasteiger partial charge in [0, 0.05) is 25.0 Å². The molecule has 0 aliphatic carbocycles. The summed E-state index contributed by atoms with van der Waals surface area (Å²) in [7, 11) is 3.73. The molecule has 2 heterocycles. The Bertz CT molecular complexity index is 1030. The monoisotopic (exact) mass is 346 g/mol. The maximum absolute atomic E-state index is 5.27. The van der Waals surface area contributed by atoms with Gasteiger partial charge in [-0.3, -0.25) is 0 Å². The van der Waals surface area contributed by atoms with Gasteiger partial charge in [0.05, 0.1) is 12.1 Å². The van der Waals surface area contributed by atoms with Crippen LogP contribution in [0.1, 0.15) is 5.89 Å². The van der Waals surface area contributed by atoms with E-state index in [2.05, 4.69) is 20.4 Å². The fraction of sp³-hybridized carbons (Fsp3) is 0.158. The number of fused-ring (bicyclic) bond motifs is 1. The Morgan fingerprint density at radius 3 is 2.46 bits per heavy atom. The van der Waals surface area contributed by atoms with Crippen molar-refractivity contribution >= 4 is 22.7 Å². The molecule has 4 aromatic rings. The van der Waals surface area contributed by atoms with Crippen molar-refractivity contribution in [2.75, 3.05) is 24.3 Å². The summed E-state index contributed by atoms with van der Waals surface area (Å²) < 4.78 is 5.27. The molecule has 0 aliphatic rings. The molecule has 2 aromatic heterocycles. The molecule has 0 aliphatic heterocycles. The van der Waals surface area contributed by atoms with Gasteiger partial charge in [-0.15, -0.1) is 0 Å². The number of aromatic nitrogens is 4. The van der Waals surface area contributed by atoms with Crippen molar-refractivity contribution in [2.45, 2.75) is 6.54 Å². The van der Waals surface area contributed by atoms with Crippen molar-refractivity contribution in [1.29, 1.82) is 0 Å². The Balaban J connectivity index is 1.68. The van der Waals surface area contributed by atoms with E-state index in [1.807, 2.05) is 68.7 Å². The largest absolute Gasteiger partial charge is 0.360 e. The van der Waals surface area contributed by atoms with Crippen molar-refractivity contribution in [3.05, 3.63) is 60.5 Å². The average molecular weight is 346 g/mol. The first-order valence-corrected chi connectivity index (χ1v) is 8.27. The van der Waals surface area contributed by atoms with Gasteiger partial charge in [0.15, 0.2) is 5.82 Å². The minimum absolute atomic E-state index is 0.385. The highest BCUT2D eigenvalue weighted by molar-refractivity contribution is 5.90. The Labute approximate surface area is 150 Å². The second kappa shape index (κ2) is 6.79. The lowest BCUT2D eigenvalue weighted by molar-refractivity contribution is 0.383. The van der Waals surface area contributed by atoms with Gasteiger partial charge in [0.2, 0.25) is 5.89 Å². The smallest absolute Gasteiger partial charge is 0.265 e. The molecule has 26 heavy (non-hydrogen) atoms. The van der Waals surface area contributed by atoms with Crippen LogP contribution in [-0.2, 0) is 6.54 Å². The van der Waals surface area contributed by atoms with Crippen LogP contribution in [0.4, 0.5) is 11.8 Å². The van der Waals surface area contributed by atoms with Crippen molar-refractivity contribution in [2.24, 2.45) is 0 Å². The van der Waals surface area contributed by atoms with Gasteiger partial charge in [0.1, 0.15) is 5.82 Å². The van der Waals surface area contributed by atoms with Gasteiger partial charge in [0.25, 0.3) is 5.95 Å². The summed E-state index contributed by atoms with van der Waals surface area (Å²) >= 11 is 0. The highest BCUT2D eigenvalue weighted by atomic mass is 16.5. The van der Waals surface area contributed by atoms with E-state index in [0.717, 1.165) is 22.3 Å². The molecule has 0 fully saturated rings. The molecule has 130 valence electrons. The molecular weight excluding hydrogens is 328 g/mol. The molecule has 7 nitrogen and oxygen atoms in total. The second-order valence-electron chi connectivity index (χ2n) is 6.02. The number of nitrogens with one attached hydrogen (secondary N) is 1. The van der Waals surface area contributed by atoms with Gasteiger partial charge in [-0.2, -0.15) is 4.98 Å². The van der Waals surface area contributed by atoms with Crippen LogP contribution < -0.4 is 10.2 Å². The van der Waals surface area contributed by atoms with E-state index in [1.165, 1.54) is 0 Å². The Hall–Kier alpha value is -3.48. The molecule has 0 saturated heterocycles. The van der Waals surface area contributed by atoms with Crippen LogP contribution in [0.15, 0.2) is 59.1 Å². The summed E-state index contributed by atoms with van der Waals surface area (Å²) in [5, 5.41) is 8.17.